The number of fused-ring (bicyclic) bond motifs is 1. The van der Waals surface area contributed by atoms with Crippen LogP contribution in [-0.4, -0.2) is 20.7 Å². The second-order valence-electron chi connectivity index (χ2n) is 8.29. The highest BCUT2D eigenvalue weighted by Crippen LogP contribution is 2.30. The van der Waals surface area contributed by atoms with E-state index in [1.54, 1.807) is 31.3 Å². The van der Waals surface area contributed by atoms with Crippen molar-refractivity contribution in [2.24, 2.45) is 0 Å². The fraction of sp³-hybridized carbons (Fsp3) is 0.103. The highest BCUT2D eigenvalue weighted by atomic mass is 19.1. The van der Waals surface area contributed by atoms with Gasteiger partial charge in [0.1, 0.15) is 29.4 Å². The quantitative estimate of drug-likeness (QED) is 0.291. The highest BCUT2D eigenvalue weighted by Gasteiger charge is 2.26. The second kappa shape index (κ2) is 10.4. The lowest BCUT2D eigenvalue weighted by molar-refractivity contribution is 0.0473. The average Bonchev–Trinajstić information content (AvgIpc) is 2.93. The SMILES string of the molecule is CCn1nc(-c2ccccc2)c(C(=O)OCc2cccc(F)c2)c(Nc2cccc3ncccc23)c1=O. The summed E-state index contributed by atoms with van der Waals surface area (Å²) in [5.74, 6) is -1.19. The van der Waals surface area contributed by atoms with Crippen LogP contribution in [0.15, 0.2) is 95.9 Å². The lowest BCUT2D eigenvalue weighted by Gasteiger charge is -2.18. The van der Waals surface area contributed by atoms with Crippen LogP contribution in [0, 0.1) is 5.82 Å². The molecule has 5 aromatic rings. The van der Waals surface area contributed by atoms with E-state index in [-0.39, 0.29) is 17.9 Å². The van der Waals surface area contributed by atoms with Gasteiger partial charge in [-0.3, -0.25) is 9.78 Å². The number of esters is 1. The van der Waals surface area contributed by atoms with E-state index in [0.717, 1.165) is 10.9 Å². The third-order valence-electron chi connectivity index (χ3n) is 5.87. The largest absolute Gasteiger partial charge is 0.457 e. The molecule has 5 rings (SSSR count). The Kier molecular flexibility index (Phi) is 6.72. The first-order valence-electron chi connectivity index (χ1n) is 11.8. The summed E-state index contributed by atoms with van der Waals surface area (Å²) >= 11 is 0. The van der Waals surface area contributed by atoms with Gasteiger partial charge in [0, 0.05) is 29.4 Å². The Bertz CT molecular complexity index is 1650. The summed E-state index contributed by atoms with van der Waals surface area (Å²) in [6.07, 6.45) is 1.69. The Hall–Kier alpha value is -4.85. The second-order valence-corrected chi connectivity index (χ2v) is 8.29. The van der Waals surface area contributed by atoms with Gasteiger partial charge in [0.25, 0.3) is 5.56 Å². The summed E-state index contributed by atoms with van der Waals surface area (Å²) in [7, 11) is 0. The van der Waals surface area contributed by atoms with Gasteiger partial charge in [0.2, 0.25) is 0 Å². The van der Waals surface area contributed by atoms with Gasteiger partial charge in [0.15, 0.2) is 0 Å². The number of anilines is 2. The van der Waals surface area contributed by atoms with E-state index in [9.17, 15) is 14.0 Å². The van der Waals surface area contributed by atoms with Crippen LogP contribution in [0.3, 0.4) is 0 Å². The molecule has 0 saturated heterocycles. The Morgan fingerprint density at radius 3 is 2.59 bits per heavy atom. The zero-order chi connectivity index (χ0) is 25.8. The molecule has 0 aliphatic carbocycles. The fourth-order valence-corrected chi connectivity index (χ4v) is 4.09. The lowest BCUT2D eigenvalue weighted by atomic mass is 10.0. The van der Waals surface area contributed by atoms with Gasteiger partial charge >= 0.3 is 5.97 Å². The van der Waals surface area contributed by atoms with E-state index in [1.165, 1.54) is 16.8 Å². The van der Waals surface area contributed by atoms with Gasteiger partial charge in [0.05, 0.1) is 5.52 Å². The van der Waals surface area contributed by atoms with Crippen LogP contribution in [0.1, 0.15) is 22.8 Å². The number of hydrogen-bond acceptors (Lipinski definition) is 6. The third-order valence-corrected chi connectivity index (χ3v) is 5.87. The number of halogens is 1. The molecule has 0 fully saturated rings. The van der Waals surface area contributed by atoms with Crippen molar-refractivity contribution in [2.75, 3.05) is 5.32 Å². The molecule has 0 bridgehead atoms. The van der Waals surface area contributed by atoms with E-state index in [0.29, 0.717) is 29.1 Å². The normalized spacial score (nSPS) is 10.9. The van der Waals surface area contributed by atoms with Gasteiger partial charge in [-0.15, -0.1) is 0 Å². The first kappa shape index (κ1) is 23.9. The molecule has 37 heavy (non-hydrogen) atoms. The standard InChI is InChI=1S/C29H23FN4O3/c1-2-34-28(35)27(32-24-15-7-14-23-22(24)13-8-16-31-23)25(26(33-34)20-10-4-3-5-11-20)29(36)37-18-19-9-6-12-21(30)17-19/h3-17,32H,2,18H2,1H3. The third kappa shape index (κ3) is 4.95. The first-order valence-corrected chi connectivity index (χ1v) is 11.8. The van der Waals surface area contributed by atoms with Gasteiger partial charge in [-0.2, -0.15) is 5.10 Å². The molecule has 7 nitrogen and oxygen atoms in total. The molecule has 0 unspecified atom stereocenters. The van der Waals surface area contributed by atoms with E-state index in [2.05, 4.69) is 15.4 Å². The number of carbonyl (C=O) groups excluding carboxylic acids is 1. The zero-order valence-corrected chi connectivity index (χ0v) is 20.0. The van der Waals surface area contributed by atoms with Crippen LogP contribution in [-0.2, 0) is 17.9 Å². The fourth-order valence-electron chi connectivity index (χ4n) is 4.09. The molecule has 0 aliphatic heterocycles. The van der Waals surface area contributed by atoms with Crippen LogP contribution in [0.4, 0.5) is 15.8 Å². The van der Waals surface area contributed by atoms with Crippen molar-refractivity contribution in [3.05, 3.63) is 118 Å². The molecule has 2 aromatic heterocycles. The van der Waals surface area contributed by atoms with Crippen LogP contribution >= 0.6 is 0 Å². The number of pyridine rings is 1. The molecule has 0 radical (unpaired) electrons. The smallest absolute Gasteiger partial charge is 0.343 e. The topological polar surface area (TPSA) is 86.1 Å². The minimum atomic E-state index is -0.753. The zero-order valence-electron chi connectivity index (χ0n) is 20.0. The van der Waals surface area contributed by atoms with Crippen LogP contribution in [0.2, 0.25) is 0 Å². The number of nitrogens with one attached hydrogen (secondary N) is 1. The number of rotatable bonds is 7. The van der Waals surface area contributed by atoms with Crippen molar-refractivity contribution >= 4 is 28.2 Å². The molecule has 3 aromatic carbocycles. The molecule has 0 amide bonds. The summed E-state index contributed by atoms with van der Waals surface area (Å²) in [6, 6.07) is 24.1. The maximum atomic E-state index is 13.7. The van der Waals surface area contributed by atoms with Gasteiger partial charge in [-0.1, -0.05) is 48.5 Å². The summed E-state index contributed by atoms with van der Waals surface area (Å²) in [4.78, 5) is 31.5. The van der Waals surface area contributed by atoms with Crippen molar-refractivity contribution in [1.82, 2.24) is 14.8 Å². The lowest BCUT2D eigenvalue weighted by Crippen LogP contribution is -2.29. The Morgan fingerprint density at radius 2 is 1.81 bits per heavy atom. The monoisotopic (exact) mass is 494 g/mol. The minimum absolute atomic E-state index is 0.00167. The molecular formula is C29H23FN4O3. The molecule has 0 aliphatic rings. The molecule has 0 saturated carbocycles. The molecular weight excluding hydrogens is 471 g/mol. The number of hydrogen-bond donors (Lipinski definition) is 1. The molecule has 0 atom stereocenters. The van der Waals surface area contributed by atoms with Crippen LogP contribution < -0.4 is 10.9 Å². The van der Waals surface area contributed by atoms with Crippen LogP contribution in [0.25, 0.3) is 22.2 Å². The average molecular weight is 495 g/mol. The predicted octanol–water partition coefficient (Wildman–Crippen LogP) is 5.72. The van der Waals surface area contributed by atoms with E-state index in [1.807, 2.05) is 54.6 Å². The molecule has 184 valence electrons. The number of aromatic nitrogens is 3. The Morgan fingerprint density at radius 1 is 1.00 bits per heavy atom. The van der Waals surface area contributed by atoms with Crippen molar-refractivity contribution < 1.29 is 13.9 Å². The summed E-state index contributed by atoms with van der Waals surface area (Å²) in [5.41, 5.74) is 2.33. The number of aryl methyl sites for hydroxylation is 1. The maximum Gasteiger partial charge on any atom is 0.343 e. The summed E-state index contributed by atoms with van der Waals surface area (Å²) in [5, 5.41) is 8.47. The molecule has 0 spiro atoms. The highest BCUT2D eigenvalue weighted by molar-refractivity contribution is 6.03. The Labute approximate surface area is 212 Å². The number of ether oxygens (including phenoxy) is 1. The molecule has 8 heteroatoms. The van der Waals surface area contributed by atoms with Gasteiger partial charge in [-0.25, -0.2) is 13.9 Å². The van der Waals surface area contributed by atoms with Gasteiger partial charge < -0.3 is 10.1 Å². The Balaban J connectivity index is 1.66. The number of benzene rings is 3. The molecule has 1 N–H and O–H groups in total. The number of nitrogens with zero attached hydrogens (tertiary/aromatic N) is 3. The van der Waals surface area contributed by atoms with E-state index >= 15 is 0 Å². The summed E-state index contributed by atoms with van der Waals surface area (Å²) in [6.45, 7) is 1.93. The van der Waals surface area contributed by atoms with Crippen molar-refractivity contribution in [2.45, 2.75) is 20.1 Å². The first-order chi connectivity index (χ1) is 18.0. The van der Waals surface area contributed by atoms with Crippen molar-refractivity contribution in [3.8, 4) is 11.3 Å². The summed E-state index contributed by atoms with van der Waals surface area (Å²) < 4.78 is 20.5. The maximum absolute atomic E-state index is 13.7. The van der Waals surface area contributed by atoms with Crippen LogP contribution in [0.5, 0.6) is 0 Å². The van der Waals surface area contributed by atoms with E-state index in [4.69, 9.17) is 4.74 Å². The van der Waals surface area contributed by atoms with Crippen molar-refractivity contribution in [1.29, 1.82) is 0 Å². The predicted molar refractivity (Wildman–Crippen MR) is 140 cm³/mol. The number of carbonyl (C=O) groups is 1. The molecule has 2 heterocycles. The van der Waals surface area contributed by atoms with Gasteiger partial charge in [-0.05, 0) is 48.9 Å². The van der Waals surface area contributed by atoms with E-state index < -0.39 is 17.3 Å². The van der Waals surface area contributed by atoms with Crippen molar-refractivity contribution in [3.63, 3.8) is 0 Å². The minimum Gasteiger partial charge on any atom is -0.457 e.